The van der Waals surface area contributed by atoms with E-state index in [-0.39, 0.29) is 11.4 Å². The highest BCUT2D eigenvalue weighted by molar-refractivity contribution is 7.89. The number of hydrogen-bond acceptors (Lipinski definition) is 5. The highest BCUT2D eigenvalue weighted by Gasteiger charge is 2.38. The fraction of sp³-hybridized carbons (Fsp3) is 0.316. The van der Waals surface area contributed by atoms with Crippen molar-refractivity contribution >= 4 is 16.0 Å². The van der Waals surface area contributed by atoms with Crippen LogP contribution in [0.1, 0.15) is 23.6 Å². The first kappa shape index (κ1) is 20.1. The highest BCUT2D eigenvalue weighted by atomic mass is 32.2. The van der Waals surface area contributed by atoms with E-state index in [9.17, 15) is 22.7 Å². The number of nitrogens with zero attached hydrogens (tertiary/aromatic N) is 1. The first-order chi connectivity index (χ1) is 13.3. The molecule has 28 heavy (non-hydrogen) atoms. The van der Waals surface area contributed by atoms with Gasteiger partial charge in [0.1, 0.15) is 5.82 Å². The highest BCUT2D eigenvalue weighted by Crippen LogP contribution is 2.41. The van der Waals surface area contributed by atoms with Gasteiger partial charge in [0.25, 0.3) is 0 Å². The molecule has 0 aromatic heterocycles. The molecule has 2 aromatic rings. The minimum absolute atomic E-state index is 0.0687. The number of carbonyl (C=O) groups is 1. The lowest BCUT2D eigenvalue weighted by Crippen LogP contribution is -2.41. The smallest absolute Gasteiger partial charge is 0.305 e. The van der Waals surface area contributed by atoms with Gasteiger partial charge in [-0.3, -0.25) is 4.79 Å². The molecule has 3 rings (SSSR count). The van der Waals surface area contributed by atoms with E-state index in [4.69, 9.17) is 9.47 Å². The molecular weight excluding hydrogens is 389 g/mol. The third-order valence-corrected chi connectivity index (χ3v) is 6.63. The van der Waals surface area contributed by atoms with Crippen LogP contribution >= 0.6 is 0 Å². The number of ether oxygens (including phenoxy) is 2. The van der Waals surface area contributed by atoms with Crippen LogP contribution in [0.2, 0.25) is 0 Å². The van der Waals surface area contributed by atoms with Gasteiger partial charge >= 0.3 is 5.97 Å². The molecule has 0 bridgehead atoms. The van der Waals surface area contributed by atoms with Gasteiger partial charge in [0.05, 0.1) is 31.6 Å². The van der Waals surface area contributed by atoms with E-state index in [2.05, 4.69) is 0 Å². The number of fused-ring (bicyclic) bond motifs is 1. The summed E-state index contributed by atoms with van der Waals surface area (Å²) >= 11 is 0. The maximum absolute atomic E-state index is 13.6. The van der Waals surface area contributed by atoms with Crippen molar-refractivity contribution in [3.05, 3.63) is 53.3 Å². The summed E-state index contributed by atoms with van der Waals surface area (Å²) in [5.74, 6) is -0.967. The fourth-order valence-electron chi connectivity index (χ4n) is 3.43. The molecule has 150 valence electrons. The summed E-state index contributed by atoms with van der Waals surface area (Å²) < 4.78 is 51.5. The van der Waals surface area contributed by atoms with E-state index in [0.717, 1.165) is 22.0 Å². The van der Waals surface area contributed by atoms with Crippen molar-refractivity contribution in [2.45, 2.75) is 23.8 Å². The molecule has 0 saturated carbocycles. The van der Waals surface area contributed by atoms with Gasteiger partial charge in [0.15, 0.2) is 11.5 Å². The van der Waals surface area contributed by atoms with E-state index in [1.165, 1.54) is 26.4 Å². The Morgan fingerprint density at radius 3 is 2.50 bits per heavy atom. The summed E-state index contributed by atoms with van der Waals surface area (Å²) in [4.78, 5) is 11.3. The maximum Gasteiger partial charge on any atom is 0.305 e. The zero-order valence-electron chi connectivity index (χ0n) is 15.4. The van der Waals surface area contributed by atoms with Crippen molar-refractivity contribution in [2.24, 2.45) is 0 Å². The zero-order chi connectivity index (χ0) is 20.5. The Morgan fingerprint density at radius 2 is 1.89 bits per heavy atom. The number of halogens is 1. The summed E-state index contributed by atoms with van der Waals surface area (Å²) in [6, 6.07) is 7.06. The third kappa shape index (κ3) is 3.67. The molecule has 0 aliphatic carbocycles. The normalized spacial score (nSPS) is 17.0. The van der Waals surface area contributed by atoms with E-state index < -0.39 is 34.3 Å². The Balaban J connectivity index is 2.12. The summed E-state index contributed by atoms with van der Waals surface area (Å²) in [5, 5.41) is 9.38. The Labute approximate surface area is 162 Å². The van der Waals surface area contributed by atoms with Crippen molar-refractivity contribution < 1.29 is 32.2 Å². The largest absolute Gasteiger partial charge is 0.493 e. The Kier molecular flexibility index (Phi) is 5.57. The van der Waals surface area contributed by atoms with Gasteiger partial charge in [0.2, 0.25) is 10.0 Å². The number of aliphatic carboxylic acids is 1. The molecule has 0 saturated heterocycles. The lowest BCUT2D eigenvalue weighted by atomic mass is 9.92. The molecule has 1 aliphatic heterocycles. The lowest BCUT2D eigenvalue weighted by molar-refractivity contribution is -0.138. The predicted molar refractivity (Wildman–Crippen MR) is 98.5 cm³/mol. The molecule has 2 aromatic carbocycles. The Morgan fingerprint density at radius 1 is 1.21 bits per heavy atom. The van der Waals surface area contributed by atoms with Crippen molar-refractivity contribution in [1.82, 2.24) is 4.31 Å². The summed E-state index contributed by atoms with van der Waals surface area (Å²) in [6.45, 7) is 0.0687. The molecule has 1 unspecified atom stereocenters. The quantitative estimate of drug-likeness (QED) is 0.788. The van der Waals surface area contributed by atoms with Crippen molar-refractivity contribution in [3.8, 4) is 11.5 Å². The number of sulfonamides is 1. The predicted octanol–water partition coefficient (Wildman–Crippen LogP) is 2.61. The van der Waals surface area contributed by atoms with E-state index >= 15 is 0 Å². The topological polar surface area (TPSA) is 93.1 Å². The van der Waals surface area contributed by atoms with Crippen LogP contribution in [0.15, 0.2) is 41.3 Å². The second-order valence-corrected chi connectivity index (χ2v) is 8.23. The van der Waals surface area contributed by atoms with Gasteiger partial charge in [0, 0.05) is 6.54 Å². The molecule has 7 nitrogen and oxygen atoms in total. The van der Waals surface area contributed by atoms with Crippen molar-refractivity contribution in [3.63, 3.8) is 0 Å². The average molecular weight is 409 g/mol. The van der Waals surface area contributed by atoms with Gasteiger partial charge in [-0.2, -0.15) is 4.31 Å². The van der Waals surface area contributed by atoms with E-state index in [1.54, 1.807) is 12.1 Å². The third-order valence-electron chi connectivity index (χ3n) is 4.72. The summed E-state index contributed by atoms with van der Waals surface area (Å²) in [6.07, 6.45) is -0.0720. The van der Waals surface area contributed by atoms with E-state index in [1.807, 2.05) is 0 Å². The van der Waals surface area contributed by atoms with Crippen LogP contribution in [0.3, 0.4) is 0 Å². The van der Waals surface area contributed by atoms with Crippen LogP contribution in [0, 0.1) is 5.82 Å². The van der Waals surface area contributed by atoms with Crippen molar-refractivity contribution in [1.29, 1.82) is 0 Å². The number of methoxy groups -OCH3 is 2. The molecule has 0 amide bonds. The van der Waals surface area contributed by atoms with Crippen LogP contribution in [-0.2, 0) is 21.2 Å². The van der Waals surface area contributed by atoms with E-state index in [0.29, 0.717) is 23.5 Å². The molecule has 1 heterocycles. The van der Waals surface area contributed by atoms with Gasteiger partial charge in [-0.05, 0) is 47.9 Å². The average Bonchev–Trinajstić information content (AvgIpc) is 2.66. The monoisotopic (exact) mass is 409 g/mol. The van der Waals surface area contributed by atoms with Crippen LogP contribution in [0.5, 0.6) is 11.5 Å². The maximum atomic E-state index is 13.6. The molecule has 0 spiro atoms. The molecule has 0 fully saturated rings. The van der Waals surface area contributed by atoms with Crippen LogP contribution < -0.4 is 9.47 Å². The molecule has 1 aliphatic rings. The van der Waals surface area contributed by atoms with Gasteiger partial charge in [-0.25, -0.2) is 12.8 Å². The van der Waals surface area contributed by atoms with Crippen LogP contribution in [0.4, 0.5) is 4.39 Å². The summed E-state index contributed by atoms with van der Waals surface area (Å²) in [5.41, 5.74) is 1.32. The molecule has 1 atom stereocenters. The second kappa shape index (κ2) is 7.76. The molecule has 1 N–H and O–H groups in total. The first-order valence-corrected chi connectivity index (χ1v) is 9.96. The number of carboxylic acids is 1. The lowest BCUT2D eigenvalue weighted by Gasteiger charge is -2.36. The fourth-order valence-corrected chi connectivity index (χ4v) is 5.07. The molecular formula is C19H20FNO6S. The number of benzene rings is 2. The number of rotatable bonds is 6. The van der Waals surface area contributed by atoms with Crippen LogP contribution in [-0.4, -0.2) is 44.6 Å². The minimum atomic E-state index is -4.10. The minimum Gasteiger partial charge on any atom is -0.493 e. The SMILES string of the molecule is COc1cc2c(cc1OC)C(CC(=O)O)N(S(=O)(=O)c1cccc(F)c1)CC2. The first-order valence-electron chi connectivity index (χ1n) is 8.52. The standard InChI is InChI=1S/C19H20FNO6S/c1-26-17-8-12-6-7-21(28(24,25)14-5-3-4-13(20)9-14)16(11-19(22)23)15(12)10-18(17)27-2/h3-5,8-10,16H,6-7,11H2,1-2H3,(H,22,23). The van der Waals surface area contributed by atoms with Crippen LogP contribution in [0.25, 0.3) is 0 Å². The van der Waals surface area contributed by atoms with Crippen molar-refractivity contribution in [2.75, 3.05) is 20.8 Å². The number of carboxylic acid groups (broad SMARTS) is 1. The second-order valence-electron chi connectivity index (χ2n) is 6.34. The molecule has 9 heteroatoms. The summed E-state index contributed by atoms with van der Waals surface area (Å²) in [7, 11) is -1.17. The van der Waals surface area contributed by atoms with Gasteiger partial charge in [-0.1, -0.05) is 6.07 Å². The Bertz CT molecular complexity index is 1010. The van der Waals surface area contributed by atoms with Gasteiger partial charge in [-0.15, -0.1) is 0 Å². The zero-order valence-corrected chi connectivity index (χ0v) is 16.2. The number of hydrogen-bond donors (Lipinski definition) is 1. The van der Waals surface area contributed by atoms with Gasteiger partial charge < -0.3 is 14.6 Å². The Hall–Kier alpha value is -2.65. The molecule has 0 radical (unpaired) electrons.